The molecule has 0 amide bonds. The van der Waals surface area contributed by atoms with Crippen molar-refractivity contribution in [3.05, 3.63) is 71.2 Å². The van der Waals surface area contributed by atoms with Crippen molar-refractivity contribution in [3.8, 4) is 11.8 Å². The quantitative estimate of drug-likeness (QED) is 0.866. The lowest BCUT2D eigenvalue weighted by atomic mass is 10.0. The molecular formula is C22H26N4. The van der Waals surface area contributed by atoms with E-state index in [1.165, 1.54) is 5.56 Å². The minimum atomic E-state index is 0.832. The Morgan fingerprint density at radius 3 is 2.69 bits per heavy atom. The first kappa shape index (κ1) is 17.0. The molecule has 0 atom stereocenters. The fourth-order valence-electron chi connectivity index (χ4n) is 3.93. The maximum Gasteiger partial charge on any atom is 0.0893 e. The van der Waals surface area contributed by atoms with Crippen LogP contribution >= 0.6 is 0 Å². The Bertz CT molecular complexity index is 811. The summed E-state index contributed by atoms with van der Waals surface area (Å²) in [5.74, 6) is 6.52. The summed E-state index contributed by atoms with van der Waals surface area (Å²) in [6.45, 7) is 6.05. The van der Waals surface area contributed by atoms with E-state index >= 15 is 0 Å². The van der Waals surface area contributed by atoms with Crippen molar-refractivity contribution in [1.82, 2.24) is 19.7 Å². The highest BCUT2D eigenvalue weighted by Crippen LogP contribution is 2.26. The smallest absolute Gasteiger partial charge is 0.0893 e. The van der Waals surface area contributed by atoms with E-state index < -0.39 is 0 Å². The number of aromatic nitrogens is 1. The molecule has 4 nitrogen and oxygen atoms in total. The fraction of sp³-hybridized carbons (Fsp3) is 0.364. The standard InChI is InChI=1S/C22H26N4/c1-24-18-26(15-19-7-3-2-4-8-19)17-20-16-25(14-11-22(20)24)13-6-10-21-9-5-12-23-21/h2-5,7-9,12,23H,11,13-18H2,1H3. The van der Waals surface area contributed by atoms with Gasteiger partial charge in [0, 0.05) is 51.5 Å². The van der Waals surface area contributed by atoms with Crippen molar-refractivity contribution in [2.75, 3.05) is 39.9 Å². The molecule has 0 radical (unpaired) electrons. The SMILES string of the molecule is CN1CN(Cc2ccccc2)CC2=C1CCN(CC#Cc1ccc[nH]1)C2. The third kappa shape index (κ3) is 4.01. The van der Waals surface area contributed by atoms with E-state index in [1.807, 2.05) is 18.3 Å². The van der Waals surface area contributed by atoms with Gasteiger partial charge in [-0.3, -0.25) is 9.80 Å². The predicted octanol–water partition coefficient (Wildman–Crippen LogP) is 2.73. The lowest BCUT2D eigenvalue weighted by molar-refractivity contribution is 0.137. The number of benzene rings is 1. The van der Waals surface area contributed by atoms with Gasteiger partial charge in [0.25, 0.3) is 0 Å². The van der Waals surface area contributed by atoms with Crippen molar-refractivity contribution in [3.63, 3.8) is 0 Å². The Balaban J connectivity index is 1.38. The lowest BCUT2D eigenvalue weighted by Crippen LogP contribution is -2.47. The maximum atomic E-state index is 3.31. The van der Waals surface area contributed by atoms with Crippen molar-refractivity contribution in [1.29, 1.82) is 0 Å². The van der Waals surface area contributed by atoms with Gasteiger partial charge < -0.3 is 9.88 Å². The van der Waals surface area contributed by atoms with Crippen molar-refractivity contribution < 1.29 is 0 Å². The Morgan fingerprint density at radius 1 is 1.04 bits per heavy atom. The highest BCUT2D eigenvalue weighted by atomic mass is 15.3. The summed E-state index contributed by atoms with van der Waals surface area (Å²) in [6, 6.07) is 14.8. The molecule has 1 aromatic heterocycles. The summed E-state index contributed by atoms with van der Waals surface area (Å²) >= 11 is 0. The molecule has 1 aromatic carbocycles. The van der Waals surface area contributed by atoms with E-state index in [1.54, 1.807) is 11.3 Å². The monoisotopic (exact) mass is 346 g/mol. The Kier molecular flexibility index (Phi) is 5.10. The third-order valence-electron chi connectivity index (χ3n) is 5.15. The van der Waals surface area contributed by atoms with E-state index in [9.17, 15) is 0 Å². The van der Waals surface area contributed by atoms with Gasteiger partial charge in [-0.1, -0.05) is 36.3 Å². The second-order valence-electron chi connectivity index (χ2n) is 7.21. The Labute approximate surface area is 156 Å². The van der Waals surface area contributed by atoms with Gasteiger partial charge in [0.1, 0.15) is 0 Å². The largest absolute Gasteiger partial charge is 0.365 e. The van der Waals surface area contributed by atoms with Crippen LogP contribution in [-0.2, 0) is 6.54 Å². The second-order valence-corrected chi connectivity index (χ2v) is 7.21. The summed E-state index contributed by atoms with van der Waals surface area (Å²) in [6.07, 6.45) is 3.05. The van der Waals surface area contributed by atoms with E-state index in [-0.39, 0.29) is 0 Å². The zero-order chi connectivity index (χ0) is 17.8. The Hall–Kier alpha value is -2.48. The number of aromatic amines is 1. The van der Waals surface area contributed by atoms with Crippen LogP contribution in [0.25, 0.3) is 0 Å². The topological polar surface area (TPSA) is 25.5 Å². The Morgan fingerprint density at radius 2 is 1.88 bits per heavy atom. The lowest BCUT2D eigenvalue weighted by Gasteiger charge is -2.42. The highest BCUT2D eigenvalue weighted by Gasteiger charge is 2.27. The highest BCUT2D eigenvalue weighted by molar-refractivity contribution is 5.28. The first-order chi connectivity index (χ1) is 12.8. The van der Waals surface area contributed by atoms with Crippen LogP contribution in [0.3, 0.4) is 0 Å². The van der Waals surface area contributed by atoms with Crippen LogP contribution in [0.15, 0.2) is 59.9 Å². The minimum absolute atomic E-state index is 0.832. The summed E-state index contributed by atoms with van der Waals surface area (Å²) in [4.78, 5) is 10.6. The summed E-state index contributed by atoms with van der Waals surface area (Å²) in [5, 5.41) is 0. The van der Waals surface area contributed by atoms with Crippen LogP contribution in [0.4, 0.5) is 0 Å². The van der Waals surface area contributed by atoms with Crippen molar-refractivity contribution in [2.45, 2.75) is 13.0 Å². The zero-order valence-corrected chi connectivity index (χ0v) is 15.4. The van der Waals surface area contributed by atoms with Gasteiger partial charge in [-0.05, 0) is 29.2 Å². The molecule has 26 heavy (non-hydrogen) atoms. The van der Waals surface area contributed by atoms with Gasteiger partial charge in [-0.25, -0.2) is 0 Å². The predicted molar refractivity (Wildman–Crippen MR) is 105 cm³/mol. The number of rotatable bonds is 3. The molecule has 134 valence electrons. The molecule has 0 saturated carbocycles. The molecule has 0 unspecified atom stereocenters. The molecule has 2 aromatic rings. The van der Waals surface area contributed by atoms with Crippen LogP contribution in [0, 0.1) is 11.8 Å². The molecule has 2 aliphatic heterocycles. The fourth-order valence-corrected chi connectivity index (χ4v) is 3.93. The van der Waals surface area contributed by atoms with Gasteiger partial charge >= 0.3 is 0 Å². The average Bonchev–Trinajstić information content (AvgIpc) is 3.16. The van der Waals surface area contributed by atoms with Crippen LogP contribution < -0.4 is 0 Å². The number of H-pyrrole nitrogens is 1. The molecule has 0 saturated heterocycles. The molecule has 0 spiro atoms. The molecule has 4 rings (SSSR count). The van der Waals surface area contributed by atoms with Crippen LogP contribution in [-0.4, -0.2) is 59.6 Å². The number of nitrogens with zero attached hydrogens (tertiary/aromatic N) is 3. The third-order valence-corrected chi connectivity index (χ3v) is 5.15. The molecule has 2 aliphatic rings. The zero-order valence-electron chi connectivity index (χ0n) is 15.4. The van der Waals surface area contributed by atoms with Crippen molar-refractivity contribution >= 4 is 0 Å². The molecule has 3 heterocycles. The maximum absolute atomic E-state index is 3.31. The van der Waals surface area contributed by atoms with Gasteiger partial charge in [0.05, 0.1) is 18.9 Å². The van der Waals surface area contributed by atoms with Crippen LogP contribution in [0.5, 0.6) is 0 Å². The first-order valence-corrected chi connectivity index (χ1v) is 9.31. The number of hydrogen-bond donors (Lipinski definition) is 1. The summed E-state index contributed by atoms with van der Waals surface area (Å²) in [5.41, 5.74) is 5.48. The first-order valence-electron chi connectivity index (χ1n) is 9.31. The average molecular weight is 346 g/mol. The normalized spacial score (nSPS) is 18.4. The van der Waals surface area contributed by atoms with E-state index in [0.717, 1.165) is 51.5 Å². The van der Waals surface area contributed by atoms with E-state index in [4.69, 9.17) is 0 Å². The number of nitrogens with one attached hydrogen (secondary N) is 1. The van der Waals surface area contributed by atoms with Gasteiger partial charge in [-0.15, -0.1) is 0 Å². The molecular weight excluding hydrogens is 320 g/mol. The minimum Gasteiger partial charge on any atom is -0.365 e. The van der Waals surface area contributed by atoms with E-state index in [0.29, 0.717) is 0 Å². The summed E-state index contributed by atoms with van der Waals surface area (Å²) in [7, 11) is 2.23. The molecule has 0 aliphatic carbocycles. The van der Waals surface area contributed by atoms with Crippen molar-refractivity contribution in [2.24, 2.45) is 0 Å². The number of hydrogen-bond acceptors (Lipinski definition) is 3. The van der Waals surface area contributed by atoms with Gasteiger partial charge in [-0.2, -0.15) is 0 Å². The van der Waals surface area contributed by atoms with Crippen LogP contribution in [0.1, 0.15) is 17.7 Å². The molecule has 4 heteroatoms. The molecule has 0 bridgehead atoms. The summed E-state index contributed by atoms with van der Waals surface area (Å²) < 4.78 is 0. The second kappa shape index (κ2) is 7.82. The molecule has 1 N–H and O–H groups in total. The van der Waals surface area contributed by atoms with Gasteiger partial charge in [0.15, 0.2) is 0 Å². The molecule has 0 fully saturated rings. The van der Waals surface area contributed by atoms with E-state index in [2.05, 4.69) is 68.9 Å². The van der Waals surface area contributed by atoms with Gasteiger partial charge in [0.2, 0.25) is 0 Å². The van der Waals surface area contributed by atoms with Crippen LogP contribution in [0.2, 0.25) is 0 Å².